The van der Waals surface area contributed by atoms with Crippen LogP contribution in [-0.2, 0) is 11.3 Å². The van der Waals surface area contributed by atoms with E-state index in [0.29, 0.717) is 28.5 Å². The Balaban J connectivity index is 2.19. The van der Waals surface area contributed by atoms with Gasteiger partial charge < -0.3 is 9.30 Å². The standard InChI is InChI=1S/C19H19ClN2O2S/c1-12-10-13(2)17-16(11-12)22(8-9-24-3)19(25-17)21-18(23)14-6-4-5-7-15(14)20/h4-7,10-11H,8-9H2,1-3H3. The van der Waals surface area contributed by atoms with Crippen molar-refractivity contribution in [1.29, 1.82) is 0 Å². The molecule has 6 heteroatoms. The summed E-state index contributed by atoms with van der Waals surface area (Å²) in [6.45, 7) is 5.32. The van der Waals surface area contributed by atoms with E-state index in [1.54, 1.807) is 31.4 Å². The number of carbonyl (C=O) groups is 1. The van der Waals surface area contributed by atoms with Crippen LogP contribution in [0.1, 0.15) is 21.5 Å². The van der Waals surface area contributed by atoms with Crippen molar-refractivity contribution in [3.8, 4) is 0 Å². The molecule has 0 radical (unpaired) electrons. The van der Waals surface area contributed by atoms with E-state index in [2.05, 4.69) is 31.0 Å². The number of aryl methyl sites for hydroxylation is 2. The van der Waals surface area contributed by atoms with Gasteiger partial charge in [-0.05, 0) is 43.2 Å². The second-order valence-corrected chi connectivity index (χ2v) is 7.24. The molecule has 0 aliphatic rings. The zero-order valence-corrected chi connectivity index (χ0v) is 15.9. The van der Waals surface area contributed by atoms with E-state index in [1.807, 2.05) is 4.57 Å². The van der Waals surface area contributed by atoms with E-state index in [4.69, 9.17) is 16.3 Å². The number of halogens is 1. The lowest BCUT2D eigenvalue weighted by molar-refractivity contribution is 0.0997. The zero-order valence-electron chi connectivity index (χ0n) is 14.4. The molecule has 4 nitrogen and oxygen atoms in total. The van der Waals surface area contributed by atoms with Gasteiger partial charge in [-0.25, -0.2) is 0 Å². The Bertz CT molecular complexity index is 1000. The summed E-state index contributed by atoms with van der Waals surface area (Å²) in [5, 5.41) is 0.410. The topological polar surface area (TPSA) is 43.6 Å². The lowest BCUT2D eigenvalue weighted by Gasteiger charge is -2.06. The van der Waals surface area contributed by atoms with Crippen molar-refractivity contribution < 1.29 is 9.53 Å². The van der Waals surface area contributed by atoms with Crippen LogP contribution in [-0.4, -0.2) is 24.2 Å². The highest BCUT2D eigenvalue weighted by Crippen LogP contribution is 2.24. The molecule has 1 amide bonds. The Morgan fingerprint density at radius 3 is 2.76 bits per heavy atom. The molecule has 0 fully saturated rings. The van der Waals surface area contributed by atoms with E-state index in [9.17, 15) is 4.79 Å². The molecule has 25 heavy (non-hydrogen) atoms. The third-order valence-electron chi connectivity index (χ3n) is 3.93. The normalized spacial score (nSPS) is 12.1. The average Bonchev–Trinajstić information content (AvgIpc) is 2.91. The maximum absolute atomic E-state index is 12.6. The maximum atomic E-state index is 12.6. The summed E-state index contributed by atoms with van der Waals surface area (Å²) in [7, 11) is 1.66. The first-order chi connectivity index (χ1) is 12.0. The Kier molecular flexibility index (Phi) is 5.37. The number of carbonyl (C=O) groups excluding carboxylic acids is 1. The van der Waals surface area contributed by atoms with Gasteiger partial charge in [-0.1, -0.05) is 41.1 Å². The fourth-order valence-electron chi connectivity index (χ4n) is 2.78. The van der Waals surface area contributed by atoms with Crippen LogP contribution in [0.15, 0.2) is 41.4 Å². The number of benzene rings is 2. The third-order valence-corrected chi connectivity index (χ3v) is 5.49. The number of ether oxygens (including phenoxy) is 1. The number of rotatable bonds is 4. The first-order valence-electron chi connectivity index (χ1n) is 7.94. The minimum Gasteiger partial charge on any atom is -0.383 e. The molecule has 0 aliphatic carbocycles. The summed E-state index contributed by atoms with van der Waals surface area (Å²) in [5.41, 5.74) is 3.84. The maximum Gasteiger partial charge on any atom is 0.281 e. The minimum atomic E-state index is -0.335. The molecule has 0 N–H and O–H groups in total. The lowest BCUT2D eigenvalue weighted by Crippen LogP contribution is -2.19. The van der Waals surface area contributed by atoms with E-state index in [0.717, 1.165) is 10.2 Å². The molecule has 3 rings (SSSR count). The minimum absolute atomic E-state index is 0.335. The number of nitrogens with zero attached hydrogens (tertiary/aromatic N) is 2. The van der Waals surface area contributed by atoms with Crippen LogP contribution in [0.2, 0.25) is 5.02 Å². The van der Waals surface area contributed by atoms with Gasteiger partial charge in [0.25, 0.3) is 5.91 Å². The van der Waals surface area contributed by atoms with Crippen LogP contribution < -0.4 is 4.80 Å². The Morgan fingerprint density at radius 1 is 1.28 bits per heavy atom. The van der Waals surface area contributed by atoms with E-state index >= 15 is 0 Å². The number of hydrogen-bond donors (Lipinski definition) is 0. The fraction of sp³-hybridized carbons (Fsp3) is 0.263. The Hall–Kier alpha value is -1.95. The molecule has 0 spiro atoms. The fourth-order valence-corrected chi connectivity index (χ4v) is 4.10. The first kappa shape index (κ1) is 17.9. The Labute approximate surface area is 155 Å². The van der Waals surface area contributed by atoms with Gasteiger partial charge >= 0.3 is 0 Å². The molecule has 2 aromatic carbocycles. The number of aromatic nitrogens is 1. The molecule has 0 atom stereocenters. The molecular formula is C19H19ClN2O2S. The van der Waals surface area contributed by atoms with Gasteiger partial charge in [0.1, 0.15) is 0 Å². The van der Waals surface area contributed by atoms with E-state index in [-0.39, 0.29) is 5.91 Å². The van der Waals surface area contributed by atoms with Gasteiger partial charge in [0.05, 0.1) is 27.4 Å². The summed E-state index contributed by atoms with van der Waals surface area (Å²) >= 11 is 7.64. The monoisotopic (exact) mass is 374 g/mol. The summed E-state index contributed by atoms with van der Waals surface area (Å²) in [4.78, 5) is 17.6. The molecule has 0 bridgehead atoms. The number of hydrogen-bond acceptors (Lipinski definition) is 3. The molecule has 0 saturated carbocycles. The molecule has 0 aliphatic heterocycles. The van der Waals surface area contributed by atoms with Gasteiger partial charge in [-0.3, -0.25) is 4.79 Å². The molecule has 1 aromatic heterocycles. The SMILES string of the molecule is COCCn1c(=NC(=O)c2ccccc2Cl)sc2c(C)cc(C)cc21. The molecule has 3 aromatic rings. The van der Waals surface area contributed by atoms with Crippen molar-refractivity contribution in [2.75, 3.05) is 13.7 Å². The van der Waals surface area contributed by atoms with Gasteiger partial charge in [-0.2, -0.15) is 4.99 Å². The van der Waals surface area contributed by atoms with E-state index < -0.39 is 0 Å². The molecule has 130 valence electrons. The number of fused-ring (bicyclic) bond motifs is 1. The van der Waals surface area contributed by atoms with Crippen molar-refractivity contribution in [3.63, 3.8) is 0 Å². The van der Waals surface area contributed by atoms with Crippen LogP contribution in [0.4, 0.5) is 0 Å². The van der Waals surface area contributed by atoms with E-state index in [1.165, 1.54) is 22.5 Å². The highest BCUT2D eigenvalue weighted by molar-refractivity contribution is 7.16. The third kappa shape index (κ3) is 3.68. The number of thiazole rings is 1. The van der Waals surface area contributed by atoms with Gasteiger partial charge in [0.15, 0.2) is 4.80 Å². The average molecular weight is 375 g/mol. The van der Waals surface area contributed by atoms with Crippen LogP contribution >= 0.6 is 22.9 Å². The summed E-state index contributed by atoms with van der Waals surface area (Å²) in [5.74, 6) is -0.335. The second kappa shape index (κ2) is 7.52. The predicted octanol–water partition coefficient (Wildman–Crippen LogP) is 4.36. The molecule has 0 unspecified atom stereocenters. The van der Waals surface area contributed by atoms with Crippen LogP contribution in [0, 0.1) is 13.8 Å². The van der Waals surface area contributed by atoms with Crippen molar-refractivity contribution in [3.05, 3.63) is 62.9 Å². The zero-order chi connectivity index (χ0) is 18.0. The molecular weight excluding hydrogens is 356 g/mol. The van der Waals surface area contributed by atoms with Crippen LogP contribution in [0.5, 0.6) is 0 Å². The number of amides is 1. The van der Waals surface area contributed by atoms with Gasteiger partial charge in [0.2, 0.25) is 0 Å². The van der Waals surface area contributed by atoms with Crippen LogP contribution in [0.25, 0.3) is 10.2 Å². The first-order valence-corrected chi connectivity index (χ1v) is 9.14. The second-order valence-electron chi connectivity index (χ2n) is 5.86. The quantitative estimate of drug-likeness (QED) is 0.681. The van der Waals surface area contributed by atoms with Crippen molar-refractivity contribution >= 4 is 39.1 Å². The number of methoxy groups -OCH3 is 1. The highest BCUT2D eigenvalue weighted by atomic mass is 35.5. The van der Waals surface area contributed by atoms with Crippen LogP contribution in [0.3, 0.4) is 0 Å². The van der Waals surface area contributed by atoms with Gasteiger partial charge in [0, 0.05) is 13.7 Å². The smallest absolute Gasteiger partial charge is 0.281 e. The molecule has 0 saturated heterocycles. The Morgan fingerprint density at radius 2 is 2.04 bits per heavy atom. The lowest BCUT2D eigenvalue weighted by atomic mass is 10.1. The summed E-state index contributed by atoms with van der Waals surface area (Å²) < 4.78 is 8.40. The summed E-state index contributed by atoms with van der Waals surface area (Å²) in [6.07, 6.45) is 0. The summed E-state index contributed by atoms with van der Waals surface area (Å²) in [6, 6.07) is 11.2. The van der Waals surface area contributed by atoms with Crippen molar-refractivity contribution in [2.24, 2.45) is 4.99 Å². The highest BCUT2D eigenvalue weighted by Gasteiger charge is 2.13. The largest absolute Gasteiger partial charge is 0.383 e. The van der Waals surface area contributed by atoms with Crippen molar-refractivity contribution in [1.82, 2.24) is 4.57 Å². The van der Waals surface area contributed by atoms with Crippen molar-refractivity contribution in [2.45, 2.75) is 20.4 Å². The molecule has 1 heterocycles. The van der Waals surface area contributed by atoms with Gasteiger partial charge in [-0.15, -0.1) is 0 Å². The predicted molar refractivity (Wildman–Crippen MR) is 103 cm³/mol.